The molecule has 156 valence electrons. The smallest absolute Gasteiger partial charge is 0.280 e. The van der Waals surface area contributed by atoms with Crippen LogP contribution in [0.5, 0.6) is 5.75 Å². The van der Waals surface area contributed by atoms with Crippen molar-refractivity contribution < 1.29 is 18.8 Å². The van der Waals surface area contributed by atoms with Gasteiger partial charge in [-0.15, -0.1) is 0 Å². The lowest BCUT2D eigenvalue weighted by molar-refractivity contribution is -0.915. The van der Waals surface area contributed by atoms with E-state index in [1.54, 1.807) is 18.0 Å². The van der Waals surface area contributed by atoms with E-state index in [1.165, 1.54) is 17.0 Å². The van der Waals surface area contributed by atoms with Gasteiger partial charge < -0.3 is 19.4 Å². The van der Waals surface area contributed by atoms with Crippen LogP contribution in [-0.2, 0) is 11.3 Å². The third-order valence-electron chi connectivity index (χ3n) is 5.58. The van der Waals surface area contributed by atoms with Crippen molar-refractivity contribution in [2.24, 2.45) is 0 Å². The van der Waals surface area contributed by atoms with Gasteiger partial charge in [0.1, 0.15) is 11.6 Å². The van der Waals surface area contributed by atoms with Crippen molar-refractivity contribution >= 4 is 11.6 Å². The van der Waals surface area contributed by atoms with Crippen molar-refractivity contribution in [2.45, 2.75) is 26.4 Å². The van der Waals surface area contributed by atoms with Crippen molar-refractivity contribution in [2.75, 3.05) is 44.7 Å². The van der Waals surface area contributed by atoms with Crippen LogP contribution in [0.4, 0.5) is 10.1 Å². The molecule has 6 heteroatoms. The van der Waals surface area contributed by atoms with E-state index >= 15 is 0 Å². The fourth-order valence-electron chi connectivity index (χ4n) is 3.96. The van der Waals surface area contributed by atoms with Gasteiger partial charge in [0.25, 0.3) is 5.91 Å². The molecule has 1 N–H and O–H groups in total. The molecule has 1 heterocycles. The number of anilines is 1. The summed E-state index contributed by atoms with van der Waals surface area (Å²) in [6.45, 7) is 8.58. The van der Waals surface area contributed by atoms with Gasteiger partial charge in [-0.3, -0.25) is 4.79 Å². The zero-order chi connectivity index (χ0) is 20.8. The number of hydrogen-bond donors (Lipinski definition) is 1. The number of ether oxygens (including phenoxy) is 1. The Kier molecular flexibility index (Phi) is 7.09. The van der Waals surface area contributed by atoms with Gasteiger partial charge >= 0.3 is 0 Å². The normalized spacial score (nSPS) is 15.8. The largest absolute Gasteiger partial charge is 0.492 e. The van der Waals surface area contributed by atoms with E-state index in [0.29, 0.717) is 13.2 Å². The molecule has 1 fully saturated rings. The van der Waals surface area contributed by atoms with E-state index in [0.717, 1.165) is 43.2 Å². The van der Waals surface area contributed by atoms with Crippen LogP contribution in [-0.4, -0.2) is 56.7 Å². The van der Waals surface area contributed by atoms with Crippen molar-refractivity contribution in [3.8, 4) is 5.75 Å². The van der Waals surface area contributed by atoms with E-state index in [1.807, 2.05) is 38.1 Å². The fraction of sp³-hybridized carbons (Fsp3) is 0.435. The maximum atomic E-state index is 13.4. The van der Waals surface area contributed by atoms with E-state index < -0.39 is 0 Å². The standard InChI is InChI=1S/C23H30FN3O2/c1-4-29-22-11-6-5-10-21(22)27-14-12-26(13-15-27)18(2)23(28)25(3)17-19-8-7-9-20(24)16-19/h5-11,16,18H,4,12-15,17H2,1-3H3/p+1/t18-/m0/s1. The van der Waals surface area contributed by atoms with Gasteiger partial charge in [-0.25, -0.2) is 4.39 Å². The predicted octanol–water partition coefficient (Wildman–Crippen LogP) is 1.98. The Morgan fingerprint density at radius 2 is 1.93 bits per heavy atom. The number of rotatable bonds is 7. The van der Waals surface area contributed by atoms with Crippen LogP contribution < -0.4 is 14.5 Å². The van der Waals surface area contributed by atoms with Crippen LogP contribution in [0, 0.1) is 5.82 Å². The highest BCUT2D eigenvalue weighted by molar-refractivity contribution is 5.79. The first-order chi connectivity index (χ1) is 14.0. The van der Waals surface area contributed by atoms with Crippen molar-refractivity contribution in [3.63, 3.8) is 0 Å². The van der Waals surface area contributed by atoms with Crippen molar-refractivity contribution in [1.29, 1.82) is 0 Å². The van der Waals surface area contributed by atoms with Crippen LogP contribution >= 0.6 is 0 Å². The van der Waals surface area contributed by atoms with Crippen LogP contribution in [0.25, 0.3) is 0 Å². The molecule has 0 aromatic heterocycles. The van der Waals surface area contributed by atoms with E-state index in [4.69, 9.17) is 4.74 Å². The first-order valence-electron chi connectivity index (χ1n) is 10.3. The molecule has 1 saturated heterocycles. The minimum absolute atomic E-state index is 0.0902. The maximum absolute atomic E-state index is 13.4. The number of carbonyl (C=O) groups excluding carboxylic acids is 1. The minimum atomic E-state index is -0.273. The van der Waals surface area contributed by atoms with Gasteiger partial charge in [0.15, 0.2) is 6.04 Å². The second kappa shape index (κ2) is 9.74. The molecule has 0 aliphatic carbocycles. The molecule has 0 saturated carbocycles. The Morgan fingerprint density at radius 3 is 2.62 bits per heavy atom. The Labute approximate surface area is 172 Å². The van der Waals surface area contributed by atoms with Gasteiger partial charge in [0, 0.05) is 13.6 Å². The number of para-hydroxylation sites is 2. The SMILES string of the molecule is CCOc1ccccc1N1CC[NH+]([C@@H](C)C(=O)N(C)Cc2cccc(F)c2)CC1. The summed E-state index contributed by atoms with van der Waals surface area (Å²) in [6, 6.07) is 14.4. The van der Waals surface area contributed by atoms with E-state index in [2.05, 4.69) is 11.0 Å². The molecule has 2 aromatic rings. The number of benzene rings is 2. The summed E-state index contributed by atoms with van der Waals surface area (Å²) in [7, 11) is 1.79. The average Bonchev–Trinajstić information content (AvgIpc) is 2.73. The topological polar surface area (TPSA) is 37.2 Å². The molecular weight excluding hydrogens is 369 g/mol. The molecule has 1 aliphatic heterocycles. The van der Waals surface area contributed by atoms with Crippen LogP contribution in [0.2, 0.25) is 0 Å². The third kappa shape index (κ3) is 5.26. The van der Waals surface area contributed by atoms with E-state index in [-0.39, 0.29) is 17.8 Å². The molecule has 1 amide bonds. The molecule has 1 atom stereocenters. The number of carbonyl (C=O) groups is 1. The second-order valence-corrected chi connectivity index (χ2v) is 7.59. The number of piperazine rings is 1. The van der Waals surface area contributed by atoms with Gasteiger partial charge in [0.2, 0.25) is 0 Å². The predicted molar refractivity (Wildman–Crippen MR) is 113 cm³/mol. The second-order valence-electron chi connectivity index (χ2n) is 7.59. The summed E-state index contributed by atoms with van der Waals surface area (Å²) < 4.78 is 19.2. The summed E-state index contributed by atoms with van der Waals surface area (Å²) in [4.78, 5) is 18.2. The molecule has 0 bridgehead atoms. The summed E-state index contributed by atoms with van der Waals surface area (Å²) in [6.07, 6.45) is 0. The fourth-order valence-corrected chi connectivity index (χ4v) is 3.96. The molecular formula is C23H31FN3O2+. The molecule has 0 radical (unpaired) electrons. The van der Waals surface area contributed by atoms with Gasteiger partial charge in [-0.2, -0.15) is 0 Å². The number of likely N-dealkylation sites (N-methyl/N-ethyl adjacent to an activating group) is 1. The molecule has 2 aromatic carbocycles. The third-order valence-corrected chi connectivity index (χ3v) is 5.58. The zero-order valence-electron chi connectivity index (χ0n) is 17.5. The van der Waals surface area contributed by atoms with Crippen molar-refractivity contribution in [1.82, 2.24) is 4.90 Å². The molecule has 5 nitrogen and oxygen atoms in total. The number of nitrogens with one attached hydrogen (secondary N) is 1. The lowest BCUT2D eigenvalue weighted by Crippen LogP contribution is -3.19. The number of hydrogen-bond acceptors (Lipinski definition) is 3. The Morgan fingerprint density at radius 1 is 1.21 bits per heavy atom. The Hall–Kier alpha value is -2.60. The summed E-state index contributed by atoms with van der Waals surface area (Å²) in [5, 5.41) is 0. The summed E-state index contributed by atoms with van der Waals surface area (Å²) >= 11 is 0. The first kappa shape index (κ1) is 21.1. The van der Waals surface area contributed by atoms with E-state index in [9.17, 15) is 9.18 Å². The van der Waals surface area contributed by atoms with Gasteiger partial charge in [0.05, 0.1) is 38.5 Å². The molecule has 0 unspecified atom stereocenters. The van der Waals surface area contributed by atoms with Gasteiger partial charge in [-0.05, 0) is 43.7 Å². The highest BCUT2D eigenvalue weighted by Crippen LogP contribution is 2.27. The number of nitrogens with zero attached hydrogens (tertiary/aromatic N) is 2. The minimum Gasteiger partial charge on any atom is -0.492 e. The molecule has 0 spiro atoms. The molecule has 29 heavy (non-hydrogen) atoms. The summed E-state index contributed by atoms with van der Waals surface area (Å²) in [5.41, 5.74) is 1.93. The highest BCUT2D eigenvalue weighted by Gasteiger charge is 2.31. The van der Waals surface area contributed by atoms with Crippen LogP contribution in [0.15, 0.2) is 48.5 Å². The van der Waals surface area contributed by atoms with Crippen LogP contribution in [0.1, 0.15) is 19.4 Å². The average molecular weight is 401 g/mol. The first-order valence-corrected chi connectivity index (χ1v) is 10.3. The molecule has 3 rings (SSSR count). The van der Waals surface area contributed by atoms with Gasteiger partial charge in [-0.1, -0.05) is 24.3 Å². The monoisotopic (exact) mass is 400 g/mol. The van der Waals surface area contributed by atoms with Crippen molar-refractivity contribution in [3.05, 3.63) is 59.9 Å². The zero-order valence-corrected chi connectivity index (χ0v) is 17.5. The Bertz CT molecular complexity index is 821. The maximum Gasteiger partial charge on any atom is 0.280 e. The highest BCUT2D eigenvalue weighted by atomic mass is 19.1. The quantitative estimate of drug-likeness (QED) is 0.772. The Balaban J connectivity index is 1.56. The number of halogens is 1. The van der Waals surface area contributed by atoms with Crippen LogP contribution in [0.3, 0.4) is 0 Å². The summed E-state index contributed by atoms with van der Waals surface area (Å²) in [5.74, 6) is 0.732. The number of amides is 1. The molecule has 1 aliphatic rings. The lowest BCUT2D eigenvalue weighted by Gasteiger charge is -2.37. The lowest BCUT2D eigenvalue weighted by atomic mass is 10.1. The number of quaternary nitrogens is 1.